The molecule has 32 heavy (non-hydrogen) atoms. The minimum absolute atomic E-state index is 0.0601. The SMILES string of the molecule is CS(=O)(=O)N1C[C@@H]2C[C@@H](NC(=O)O)C[C@]2(C(=O)N2CCc3ncc(C(F)(F)F)cc3C2)C1. The predicted octanol–water partition coefficient (Wildman–Crippen LogP) is 1.29. The minimum atomic E-state index is -4.55. The van der Waals surface area contributed by atoms with Crippen LogP contribution in [0.4, 0.5) is 18.0 Å². The molecule has 1 aliphatic carbocycles. The topological polar surface area (TPSA) is 120 Å². The molecule has 0 unspecified atom stereocenters. The van der Waals surface area contributed by atoms with Crippen LogP contribution in [-0.4, -0.2) is 71.6 Å². The normalized spacial score (nSPS) is 28.3. The number of rotatable bonds is 3. The van der Waals surface area contributed by atoms with E-state index in [1.165, 1.54) is 9.21 Å². The maximum absolute atomic E-state index is 13.7. The van der Waals surface area contributed by atoms with Gasteiger partial charge in [0.2, 0.25) is 15.9 Å². The zero-order chi connectivity index (χ0) is 23.5. The average molecular weight is 476 g/mol. The van der Waals surface area contributed by atoms with Gasteiger partial charge >= 0.3 is 12.3 Å². The van der Waals surface area contributed by atoms with Crippen LogP contribution in [0.3, 0.4) is 0 Å². The molecule has 176 valence electrons. The summed E-state index contributed by atoms with van der Waals surface area (Å²) >= 11 is 0. The highest BCUT2D eigenvalue weighted by atomic mass is 32.2. The van der Waals surface area contributed by atoms with Crippen LogP contribution in [0.2, 0.25) is 0 Å². The third-order valence-electron chi connectivity index (χ3n) is 6.72. The molecule has 3 aliphatic rings. The molecule has 13 heteroatoms. The number of alkyl halides is 3. The van der Waals surface area contributed by atoms with E-state index in [1.54, 1.807) is 0 Å². The van der Waals surface area contributed by atoms with Gasteiger partial charge in [0.05, 0.1) is 17.2 Å². The molecule has 1 saturated heterocycles. The molecule has 0 bridgehead atoms. The first-order chi connectivity index (χ1) is 14.8. The van der Waals surface area contributed by atoms with Gasteiger partial charge in [-0.05, 0) is 30.4 Å². The summed E-state index contributed by atoms with van der Waals surface area (Å²) in [6.45, 7) is 0.216. The third-order valence-corrected chi connectivity index (χ3v) is 7.94. The number of halogens is 3. The second-order valence-corrected chi connectivity index (χ2v) is 10.8. The van der Waals surface area contributed by atoms with Crippen molar-refractivity contribution in [3.8, 4) is 0 Å². The van der Waals surface area contributed by atoms with E-state index >= 15 is 0 Å². The number of carbonyl (C=O) groups is 2. The highest BCUT2D eigenvalue weighted by molar-refractivity contribution is 7.88. The second-order valence-electron chi connectivity index (χ2n) is 8.80. The van der Waals surface area contributed by atoms with Crippen molar-refractivity contribution in [1.82, 2.24) is 19.5 Å². The Hall–Kier alpha value is -2.41. The minimum Gasteiger partial charge on any atom is -0.465 e. The fourth-order valence-corrected chi connectivity index (χ4v) is 6.18. The van der Waals surface area contributed by atoms with Crippen LogP contribution >= 0.6 is 0 Å². The van der Waals surface area contributed by atoms with E-state index in [4.69, 9.17) is 5.11 Å². The number of carboxylic acid groups (broad SMARTS) is 1. The van der Waals surface area contributed by atoms with Gasteiger partial charge in [-0.2, -0.15) is 13.2 Å². The molecule has 2 fully saturated rings. The van der Waals surface area contributed by atoms with Crippen LogP contribution in [0.15, 0.2) is 12.3 Å². The molecule has 1 aromatic rings. The van der Waals surface area contributed by atoms with E-state index in [0.717, 1.165) is 18.5 Å². The Kier molecular flexibility index (Phi) is 5.39. The van der Waals surface area contributed by atoms with Crippen molar-refractivity contribution in [3.63, 3.8) is 0 Å². The molecule has 2 aliphatic heterocycles. The number of amides is 2. The van der Waals surface area contributed by atoms with Gasteiger partial charge in [-0.15, -0.1) is 0 Å². The fourth-order valence-electron chi connectivity index (χ4n) is 5.26. The van der Waals surface area contributed by atoms with Gasteiger partial charge in [-0.3, -0.25) is 9.78 Å². The Balaban J connectivity index is 1.62. The summed E-state index contributed by atoms with van der Waals surface area (Å²) in [5, 5.41) is 11.5. The molecule has 2 amide bonds. The lowest BCUT2D eigenvalue weighted by molar-refractivity contribution is -0.143. The summed E-state index contributed by atoms with van der Waals surface area (Å²) in [7, 11) is -3.57. The van der Waals surface area contributed by atoms with Gasteiger partial charge in [0.1, 0.15) is 0 Å². The second kappa shape index (κ2) is 7.58. The highest BCUT2D eigenvalue weighted by Crippen LogP contribution is 2.51. The number of aromatic nitrogens is 1. The van der Waals surface area contributed by atoms with Crippen LogP contribution in [0.1, 0.15) is 29.7 Å². The summed E-state index contributed by atoms with van der Waals surface area (Å²) in [6.07, 6.45) is -3.21. The van der Waals surface area contributed by atoms with Crippen molar-refractivity contribution >= 4 is 22.0 Å². The lowest BCUT2D eigenvalue weighted by Gasteiger charge is -2.37. The van der Waals surface area contributed by atoms with Gasteiger partial charge in [0, 0.05) is 50.5 Å². The van der Waals surface area contributed by atoms with E-state index in [1.807, 2.05) is 0 Å². The average Bonchev–Trinajstić information content (AvgIpc) is 3.20. The summed E-state index contributed by atoms with van der Waals surface area (Å²) in [4.78, 5) is 30.2. The van der Waals surface area contributed by atoms with E-state index in [0.29, 0.717) is 17.7 Å². The third kappa shape index (κ3) is 4.03. The maximum Gasteiger partial charge on any atom is 0.417 e. The molecule has 0 radical (unpaired) electrons. The van der Waals surface area contributed by atoms with Crippen molar-refractivity contribution in [2.75, 3.05) is 25.9 Å². The monoisotopic (exact) mass is 476 g/mol. The molecule has 0 aromatic carbocycles. The first-order valence-corrected chi connectivity index (χ1v) is 11.9. The van der Waals surface area contributed by atoms with E-state index in [2.05, 4.69) is 10.3 Å². The van der Waals surface area contributed by atoms with Crippen molar-refractivity contribution in [1.29, 1.82) is 0 Å². The Bertz CT molecular complexity index is 1060. The fraction of sp³-hybridized carbons (Fsp3) is 0.632. The summed E-state index contributed by atoms with van der Waals surface area (Å²) < 4.78 is 64.8. The first-order valence-electron chi connectivity index (χ1n) is 10.1. The Morgan fingerprint density at radius 2 is 2.06 bits per heavy atom. The summed E-state index contributed by atoms with van der Waals surface area (Å²) in [5.74, 6) is -0.742. The number of nitrogens with one attached hydrogen (secondary N) is 1. The van der Waals surface area contributed by atoms with Crippen molar-refractivity contribution in [2.24, 2.45) is 11.3 Å². The van der Waals surface area contributed by atoms with E-state index < -0.39 is 39.3 Å². The molecular formula is C19H23F3N4O5S. The molecule has 4 rings (SSSR count). The molecule has 9 nitrogen and oxygen atoms in total. The van der Waals surface area contributed by atoms with Crippen LogP contribution in [0.5, 0.6) is 0 Å². The molecule has 2 N–H and O–H groups in total. The van der Waals surface area contributed by atoms with Crippen molar-refractivity contribution in [3.05, 3.63) is 29.1 Å². The van der Waals surface area contributed by atoms with Gasteiger partial charge in [0.15, 0.2) is 0 Å². The largest absolute Gasteiger partial charge is 0.465 e. The van der Waals surface area contributed by atoms with E-state index in [9.17, 15) is 31.2 Å². The zero-order valence-corrected chi connectivity index (χ0v) is 18.0. The lowest BCUT2D eigenvalue weighted by atomic mass is 9.78. The van der Waals surface area contributed by atoms with Gasteiger partial charge in [-0.1, -0.05) is 0 Å². The Labute approximate surface area is 182 Å². The first kappa shape index (κ1) is 22.8. The molecular weight excluding hydrogens is 453 g/mol. The van der Waals surface area contributed by atoms with Gasteiger partial charge in [0.25, 0.3) is 0 Å². The lowest BCUT2D eigenvalue weighted by Crippen LogP contribution is -2.49. The number of fused-ring (bicyclic) bond motifs is 2. The number of nitrogens with zero attached hydrogens (tertiary/aromatic N) is 3. The molecule has 1 aromatic heterocycles. The smallest absolute Gasteiger partial charge is 0.417 e. The number of pyridine rings is 1. The van der Waals surface area contributed by atoms with Crippen LogP contribution < -0.4 is 5.32 Å². The van der Waals surface area contributed by atoms with Crippen molar-refractivity contribution < 1.29 is 36.3 Å². The Morgan fingerprint density at radius 1 is 1.34 bits per heavy atom. The Morgan fingerprint density at radius 3 is 2.69 bits per heavy atom. The molecule has 3 heterocycles. The number of hydrogen-bond acceptors (Lipinski definition) is 5. The molecule has 1 saturated carbocycles. The van der Waals surface area contributed by atoms with Gasteiger partial charge in [-0.25, -0.2) is 17.5 Å². The number of sulfonamides is 1. The highest BCUT2D eigenvalue weighted by Gasteiger charge is 2.60. The van der Waals surface area contributed by atoms with Crippen LogP contribution in [0, 0.1) is 11.3 Å². The molecule has 0 spiro atoms. The van der Waals surface area contributed by atoms with Crippen LogP contribution in [0.25, 0.3) is 0 Å². The number of hydrogen-bond donors (Lipinski definition) is 2. The summed E-state index contributed by atoms with van der Waals surface area (Å²) in [5.41, 5.74) is -1.21. The van der Waals surface area contributed by atoms with Crippen molar-refractivity contribution in [2.45, 2.75) is 38.0 Å². The zero-order valence-electron chi connectivity index (χ0n) is 17.2. The predicted molar refractivity (Wildman–Crippen MR) is 105 cm³/mol. The number of carbonyl (C=O) groups excluding carboxylic acids is 1. The van der Waals surface area contributed by atoms with E-state index in [-0.39, 0.29) is 50.8 Å². The molecule has 3 atom stereocenters. The quantitative estimate of drug-likeness (QED) is 0.679. The van der Waals surface area contributed by atoms with Crippen LogP contribution in [-0.2, 0) is 34.0 Å². The maximum atomic E-state index is 13.7. The van der Waals surface area contributed by atoms with Gasteiger partial charge < -0.3 is 15.3 Å². The standard InChI is InChI=1S/C19H23F3N4O5S/c1-32(30,31)26-9-13-5-14(24-17(28)29)6-18(13,10-26)16(27)25-3-2-15-11(8-25)4-12(7-23-15)19(20,21)22/h4,7,13-14,24H,2-3,5-6,8-10H2,1H3,(H,28,29)/t13-,14+,18-/m0/s1. The summed E-state index contributed by atoms with van der Waals surface area (Å²) in [6, 6.07) is 0.497.